The van der Waals surface area contributed by atoms with Crippen molar-refractivity contribution in [2.45, 2.75) is 6.23 Å². The molecule has 126 valence electrons. The Balaban J connectivity index is 1.76. The minimum Gasteiger partial charge on any atom is -0.465 e. The number of rotatable bonds is 4. The average molecular weight is 347 g/mol. The quantitative estimate of drug-likeness (QED) is 0.834. The second-order valence-electron chi connectivity index (χ2n) is 5.42. The number of aromatic nitrogens is 1. The van der Waals surface area contributed by atoms with Crippen molar-refractivity contribution < 1.29 is 9.53 Å². The van der Waals surface area contributed by atoms with E-state index in [-0.39, 0.29) is 6.03 Å². The first-order valence-corrected chi connectivity index (χ1v) is 8.18. The van der Waals surface area contributed by atoms with Gasteiger partial charge in [0.1, 0.15) is 5.75 Å². The van der Waals surface area contributed by atoms with E-state index in [4.69, 9.17) is 16.3 Å². The molecular formula is C17H19ClN4O2. The molecule has 3 rings (SSSR count). The first-order valence-electron chi connectivity index (χ1n) is 7.81. The Hall–Kier alpha value is -2.31. The van der Waals surface area contributed by atoms with Crippen LogP contribution >= 0.6 is 11.6 Å². The minimum atomic E-state index is -0.617. The highest BCUT2D eigenvalue weighted by atomic mass is 35.5. The van der Waals surface area contributed by atoms with Gasteiger partial charge in [0.25, 0.3) is 0 Å². The van der Waals surface area contributed by atoms with E-state index in [9.17, 15) is 4.79 Å². The maximum absolute atomic E-state index is 12.5. The molecule has 6 nitrogen and oxygen atoms in total. The average Bonchev–Trinajstić information content (AvgIpc) is 2.63. The third-order valence-electron chi connectivity index (χ3n) is 3.72. The molecule has 2 aromatic rings. The van der Waals surface area contributed by atoms with E-state index in [1.807, 2.05) is 12.1 Å². The fourth-order valence-corrected chi connectivity index (χ4v) is 2.57. The van der Waals surface area contributed by atoms with E-state index < -0.39 is 6.23 Å². The largest absolute Gasteiger partial charge is 0.465 e. The molecule has 1 atom stereocenters. The summed E-state index contributed by atoms with van der Waals surface area (Å²) in [4.78, 5) is 18.3. The van der Waals surface area contributed by atoms with Gasteiger partial charge in [-0.15, -0.1) is 0 Å². The van der Waals surface area contributed by atoms with Crippen molar-refractivity contribution in [2.24, 2.45) is 0 Å². The maximum Gasteiger partial charge on any atom is 0.320 e. The SMILES string of the molecule is O=C(NC(Oc1cccnc1)c1ccc(Cl)cc1)N1CCNCC1. The summed E-state index contributed by atoms with van der Waals surface area (Å²) in [6.07, 6.45) is 2.66. The molecule has 1 aromatic heterocycles. The first kappa shape index (κ1) is 16.5. The number of urea groups is 1. The molecule has 2 N–H and O–H groups in total. The minimum absolute atomic E-state index is 0.152. The molecule has 1 fully saturated rings. The van der Waals surface area contributed by atoms with Crippen LogP contribution in [-0.2, 0) is 0 Å². The molecule has 1 unspecified atom stereocenters. The van der Waals surface area contributed by atoms with E-state index in [0.717, 1.165) is 18.7 Å². The van der Waals surface area contributed by atoms with E-state index in [0.29, 0.717) is 23.9 Å². The highest BCUT2D eigenvalue weighted by Crippen LogP contribution is 2.21. The molecule has 0 saturated carbocycles. The number of nitrogens with one attached hydrogen (secondary N) is 2. The summed E-state index contributed by atoms with van der Waals surface area (Å²) in [5, 5.41) is 6.79. The summed E-state index contributed by atoms with van der Waals surface area (Å²) in [6.45, 7) is 2.93. The molecule has 7 heteroatoms. The molecule has 2 heterocycles. The maximum atomic E-state index is 12.5. The summed E-state index contributed by atoms with van der Waals surface area (Å²) in [6, 6.07) is 10.6. The van der Waals surface area contributed by atoms with Gasteiger partial charge in [-0.3, -0.25) is 10.3 Å². The molecule has 0 spiro atoms. The van der Waals surface area contributed by atoms with Crippen LogP contribution in [0.4, 0.5) is 4.79 Å². The smallest absolute Gasteiger partial charge is 0.320 e. The zero-order valence-corrected chi connectivity index (χ0v) is 13.9. The number of carbonyl (C=O) groups excluding carboxylic acids is 1. The Labute approximate surface area is 145 Å². The first-order chi connectivity index (χ1) is 11.7. The fraction of sp³-hybridized carbons (Fsp3) is 0.294. The molecule has 1 aromatic carbocycles. The van der Waals surface area contributed by atoms with Crippen molar-refractivity contribution in [1.82, 2.24) is 20.5 Å². The lowest BCUT2D eigenvalue weighted by molar-refractivity contribution is 0.140. The predicted octanol–water partition coefficient (Wildman–Crippen LogP) is 2.43. The summed E-state index contributed by atoms with van der Waals surface area (Å²) >= 11 is 5.95. The van der Waals surface area contributed by atoms with Crippen LogP contribution in [0.5, 0.6) is 5.75 Å². The molecular weight excluding hydrogens is 328 g/mol. The summed E-state index contributed by atoms with van der Waals surface area (Å²) in [5.41, 5.74) is 0.812. The number of nitrogens with zero attached hydrogens (tertiary/aromatic N) is 2. The Morgan fingerprint density at radius 2 is 2.00 bits per heavy atom. The number of pyridine rings is 1. The number of carbonyl (C=O) groups is 1. The van der Waals surface area contributed by atoms with Crippen LogP contribution in [0.1, 0.15) is 11.8 Å². The van der Waals surface area contributed by atoms with Gasteiger partial charge in [-0.1, -0.05) is 23.7 Å². The van der Waals surface area contributed by atoms with Crippen molar-refractivity contribution >= 4 is 17.6 Å². The van der Waals surface area contributed by atoms with Gasteiger partial charge in [0.05, 0.1) is 6.20 Å². The molecule has 0 radical (unpaired) electrons. The van der Waals surface area contributed by atoms with Gasteiger partial charge in [-0.2, -0.15) is 0 Å². The van der Waals surface area contributed by atoms with Crippen LogP contribution in [0, 0.1) is 0 Å². The standard InChI is InChI=1S/C17H19ClN4O2/c18-14-5-3-13(4-6-14)16(24-15-2-1-7-20-12-15)21-17(23)22-10-8-19-9-11-22/h1-7,12,16,19H,8-11H2,(H,21,23). The number of hydrogen-bond acceptors (Lipinski definition) is 4. The predicted molar refractivity (Wildman–Crippen MR) is 92.0 cm³/mol. The van der Waals surface area contributed by atoms with Crippen molar-refractivity contribution in [1.29, 1.82) is 0 Å². The molecule has 1 aliphatic rings. The summed E-state index contributed by atoms with van der Waals surface area (Å²) < 4.78 is 5.92. The molecule has 0 bridgehead atoms. The van der Waals surface area contributed by atoms with Crippen molar-refractivity contribution in [3.05, 3.63) is 59.4 Å². The second-order valence-corrected chi connectivity index (χ2v) is 5.86. The van der Waals surface area contributed by atoms with Crippen LogP contribution < -0.4 is 15.4 Å². The van der Waals surface area contributed by atoms with Crippen molar-refractivity contribution in [2.75, 3.05) is 26.2 Å². The number of amides is 2. The van der Waals surface area contributed by atoms with E-state index in [1.54, 1.807) is 41.6 Å². The number of hydrogen-bond donors (Lipinski definition) is 2. The normalized spacial score (nSPS) is 15.6. The van der Waals surface area contributed by atoms with Crippen LogP contribution in [0.3, 0.4) is 0 Å². The van der Waals surface area contributed by atoms with Crippen molar-refractivity contribution in [3.63, 3.8) is 0 Å². The van der Waals surface area contributed by atoms with Gasteiger partial charge in [-0.05, 0) is 24.3 Å². The zero-order chi connectivity index (χ0) is 16.8. The van der Waals surface area contributed by atoms with E-state index in [2.05, 4.69) is 15.6 Å². The molecule has 1 saturated heterocycles. The number of halogens is 1. The Kier molecular flexibility index (Phi) is 5.51. The van der Waals surface area contributed by atoms with Crippen LogP contribution in [0.15, 0.2) is 48.8 Å². The Morgan fingerprint density at radius 1 is 1.25 bits per heavy atom. The highest BCUT2D eigenvalue weighted by molar-refractivity contribution is 6.30. The van der Waals surface area contributed by atoms with Gasteiger partial charge in [-0.25, -0.2) is 4.79 Å². The molecule has 24 heavy (non-hydrogen) atoms. The highest BCUT2D eigenvalue weighted by Gasteiger charge is 2.22. The van der Waals surface area contributed by atoms with Gasteiger partial charge in [0.2, 0.25) is 0 Å². The third kappa shape index (κ3) is 4.37. The number of ether oxygens (including phenoxy) is 1. The van der Waals surface area contributed by atoms with Gasteiger partial charge >= 0.3 is 6.03 Å². The van der Waals surface area contributed by atoms with E-state index >= 15 is 0 Å². The zero-order valence-electron chi connectivity index (χ0n) is 13.1. The number of piperazine rings is 1. The monoisotopic (exact) mass is 346 g/mol. The van der Waals surface area contributed by atoms with Crippen LogP contribution in [0.2, 0.25) is 5.02 Å². The van der Waals surface area contributed by atoms with Gasteiger partial charge < -0.3 is 15.0 Å². The van der Waals surface area contributed by atoms with Crippen LogP contribution in [0.25, 0.3) is 0 Å². The summed E-state index contributed by atoms with van der Waals surface area (Å²) in [7, 11) is 0. The molecule has 0 aliphatic carbocycles. The van der Waals surface area contributed by atoms with E-state index in [1.165, 1.54) is 0 Å². The Bertz CT molecular complexity index is 660. The third-order valence-corrected chi connectivity index (χ3v) is 3.97. The lowest BCUT2D eigenvalue weighted by atomic mass is 10.2. The van der Waals surface area contributed by atoms with Gasteiger partial charge in [0, 0.05) is 43.0 Å². The summed E-state index contributed by atoms with van der Waals surface area (Å²) in [5.74, 6) is 0.582. The lowest BCUT2D eigenvalue weighted by Crippen LogP contribution is -2.51. The topological polar surface area (TPSA) is 66.5 Å². The van der Waals surface area contributed by atoms with Gasteiger partial charge in [0.15, 0.2) is 6.23 Å². The van der Waals surface area contributed by atoms with Crippen molar-refractivity contribution in [3.8, 4) is 5.75 Å². The Morgan fingerprint density at radius 3 is 2.67 bits per heavy atom. The van der Waals surface area contributed by atoms with Crippen LogP contribution in [-0.4, -0.2) is 42.1 Å². The fourth-order valence-electron chi connectivity index (χ4n) is 2.44. The second kappa shape index (κ2) is 7.99. The molecule has 1 aliphatic heterocycles. The number of benzene rings is 1. The molecule has 2 amide bonds. The lowest BCUT2D eigenvalue weighted by Gasteiger charge is -2.30.